The fraction of sp³-hybridized carbons (Fsp3) is 0.375. The number of hydrogen-bond acceptors (Lipinski definition) is 3. The largest absolute Gasteiger partial charge is 0.355 e. The monoisotopic (exact) mass is 284 g/mol. The van der Waals surface area contributed by atoms with Gasteiger partial charge in [0.1, 0.15) is 0 Å². The Morgan fingerprint density at radius 2 is 2.10 bits per heavy atom. The van der Waals surface area contributed by atoms with Crippen molar-refractivity contribution in [3.05, 3.63) is 42.1 Å². The summed E-state index contributed by atoms with van der Waals surface area (Å²) in [6.45, 7) is 1.43. The van der Waals surface area contributed by atoms with Crippen molar-refractivity contribution in [2.75, 3.05) is 6.54 Å². The van der Waals surface area contributed by atoms with E-state index in [0.29, 0.717) is 6.54 Å². The molecule has 2 aromatic rings. The number of aromatic nitrogens is 2. The molecular weight excluding hydrogens is 264 g/mol. The van der Waals surface area contributed by atoms with Crippen LogP contribution in [-0.4, -0.2) is 28.7 Å². The molecule has 1 unspecified atom stereocenters. The van der Waals surface area contributed by atoms with Crippen LogP contribution in [0.3, 0.4) is 0 Å². The summed E-state index contributed by atoms with van der Waals surface area (Å²) in [5.41, 5.74) is 3.20. The minimum atomic E-state index is -0.106. The molecule has 1 fully saturated rings. The summed E-state index contributed by atoms with van der Waals surface area (Å²) in [5.74, 6) is 0.109. The van der Waals surface area contributed by atoms with E-state index in [2.05, 4.69) is 33.0 Å². The van der Waals surface area contributed by atoms with Gasteiger partial charge in [0.15, 0.2) is 0 Å². The molecule has 1 aromatic carbocycles. The van der Waals surface area contributed by atoms with Gasteiger partial charge in [0, 0.05) is 18.7 Å². The minimum absolute atomic E-state index is 0.106. The standard InChI is InChI=1S/C16H20N4O/c21-16-14(8-4-5-9-17-16)18-10-13-11-19-20-15(13)12-6-2-1-3-7-12/h1-3,6-7,11,14,18H,4-5,8-10H2,(H,17,21)(H,19,20). The first-order valence-electron chi connectivity index (χ1n) is 7.43. The van der Waals surface area contributed by atoms with Gasteiger partial charge in [0.05, 0.1) is 17.9 Å². The smallest absolute Gasteiger partial charge is 0.237 e. The van der Waals surface area contributed by atoms with Crippen LogP contribution in [0, 0.1) is 0 Å². The maximum atomic E-state index is 11.9. The Bertz CT molecular complexity index is 593. The zero-order valence-corrected chi connectivity index (χ0v) is 11.9. The van der Waals surface area contributed by atoms with E-state index in [4.69, 9.17) is 0 Å². The number of carbonyl (C=O) groups excluding carboxylic acids is 1. The summed E-state index contributed by atoms with van der Waals surface area (Å²) >= 11 is 0. The lowest BCUT2D eigenvalue weighted by Crippen LogP contribution is -2.42. The van der Waals surface area contributed by atoms with Gasteiger partial charge in [-0.15, -0.1) is 0 Å². The van der Waals surface area contributed by atoms with Gasteiger partial charge < -0.3 is 10.6 Å². The molecule has 1 aliphatic heterocycles. The SMILES string of the molecule is O=C1NCCCCC1NCc1cn[nH]c1-c1ccccc1. The lowest BCUT2D eigenvalue weighted by atomic mass is 10.1. The minimum Gasteiger partial charge on any atom is -0.355 e. The van der Waals surface area contributed by atoms with Gasteiger partial charge in [-0.1, -0.05) is 30.3 Å². The van der Waals surface area contributed by atoms with Crippen molar-refractivity contribution in [2.24, 2.45) is 0 Å². The molecule has 0 radical (unpaired) electrons. The molecule has 110 valence electrons. The topological polar surface area (TPSA) is 69.8 Å². The van der Waals surface area contributed by atoms with Crippen LogP contribution in [0.4, 0.5) is 0 Å². The molecule has 21 heavy (non-hydrogen) atoms. The Kier molecular flexibility index (Phi) is 4.31. The second-order valence-electron chi connectivity index (χ2n) is 5.36. The van der Waals surface area contributed by atoms with Crippen LogP contribution in [0.1, 0.15) is 24.8 Å². The Labute approximate surface area is 124 Å². The Morgan fingerprint density at radius 1 is 1.24 bits per heavy atom. The quantitative estimate of drug-likeness (QED) is 0.802. The van der Waals surface area contributed by atoms with Gasteiger partial charge in [-0.05, 0) is 24.8 Å². The van der Waals surface area contributed by atoms with Crippen LogP contribution in [0.15, 0.2) is 36.5 Å². The number of nitrogens with one attached hydrogen (secondary N) is 3. The third-order valence-electron chi connectivity index (χ3n) is 3.85. The molecule has 3 N–H and O–H groups in total. The van der Waals surface area contributed by atoms with E-state index in [9.17, 15) is 4.79 Å². The van der Waals surface area contributed by atoms with Crippen molar-refractivity contribution in [2.45, 2.75) is 31.8 Å². The van der Waals surface area contributed by atoms with E-state index in [1.165, 1.54) is 0 Å². The number of nitrogens with zero attached hydrogens (tertiary/aromatic N) is 1. The van der Waals surface area contributed by atoms with Crippen LogP contribution in [-0.2, 0) is 11.3 Å². The number of benzene rings is 1. The van der Waals surface area contributed by atoms with Gasteiger partial charge in [-0.25, -0.2) is 0 Å². The normalized spacial score (nSPS) is 19.0. The first-order valence-corrected chi connectivity index (χ1v) is 7.43. The average molecular weight is 284 g/mol. The molecule has 3 rings (SSSR count). The molecule has 0 aliphatic carbocycles. The number of hydrogen-bond donors (Lipinski definition) is 3. The lowest BCUT2D eigenvalue weighted by molar-refractivity contribution is -0.122. The van der Waals surface area contributed by atoms with Crippen LogP contribution in [0.5, 0.6) is 0 Å². The molecule has 1 saturated heterocycles. The Balaban J connectivity index is 1.69. The maximum absolute atomic E-state index is 11.9. The summed E-state index contributed by atoms with van der Waals surface area (Å²) in [4.78, 5) is 11.9. The summed E-state index contributed by atoms with van der Waals surface area (Å²) in [5, 5.41) is 13.5. The predicted octanol–water partition coefficient (Wildman–Crippen LogP) is 1.83. The molecule has 5 heteroatoms. The summed E-state index contributed by atoms with van der Waals surface area (Å²) < 4.78 is 0. The van der Waals surface area contributed by atoms with Gasteiger partial charge in [-0.3, -0.25) is 9.89 Å². The Hall–Kier alpha value is -2.14. The van der Waals surface area contributed by atoms with Crippen LogP contribution in [0.25, 0.3) is 11.3 Å². The predicted molar refractivity (Wildman–Crippen MR) is 81.5 cm³/mol. The van der Waals surface area contributed by atoms with Crippen molar-refractivity contribution in [1.29, 1.82) is 0 Å². The molecule has 1 aromatic heterocycles. The lowest BCUT2D eigenvalue weighted by Gasteiger charge is -2.15. The van der Waals surface area contributed by atoms with Crippen LogP contribution >= 0.6 is 0 Å². The maximum Gasteiger partial charge on any atom is 0.237 e. The molecule has 0 spiro atoms. The summed E-state index contributed by atoms with van der Waals surface area (Å²) in [6, 6.07) is 10.0. The average Bonchev–Trinajstić information content (AvgIpc) is 2.89. The van der Waals surface area contributed by atoms with Gasteiger partial charge >= 0.3 is 0 Å². The number of carbonyl (C=O) groups is 1. The third kappa shape index (κ3) is 3.31. The fourth-order valence-electron chi connectivity index (χ4n) is 2.67. The van der Waals surface area contributed by atoms with E-state index >= 15 is 0 Å². The van der Waals surface area contributed by atoms with E-state index in [1.54, 1.807) is 0 Å². The van der Waals surface area contributed by atoms with Crippen molar-refractivity contribution >= 4 is 5.91 Å². The fourth-order valence-corrected chi connectivity index (χ4v) is 2.67. The summed E-state index contributed by atoms with van der Waals surface area (Å²) in [7, 11) is 0. The molecule has 0 saturated carbocycles. The van der Waals surface area contributed by atoms with Crippen molar-refractivity contribution in [3.63, 3.8) is 0 Å². The first kappa shape index (κ1) is 13.8. The molecule has 1 amide bonds. The zero-order valence-electron chi connectivity index (χ0n) is 11.9. The zero-order chi connectivity index (χ0) is 14.5. The highest BCUT2D eigenvalue weighted by atomic mass is 16.2. The van der Waals surface area contributed by atoms with E-state index < -0.39 is 0 Å². The Morgan fingerprint density at radius 3 is 2.95 bits per heavy atom. The van der Waals surface area contributed by atoms with E-state index in [1.807, 2.05) is 24.4 Å². The van der Waals surface area contributed by atoms with Gasteiger partial charge in [0.2, 0.25) is 5.91 Å². The van der Waals surface area contributed by atoms with Crippen LogP contribution < -0.4 is 10.6 Å². The highest BCUT2D eigenvalue weighted by Gasteiger charge is 2.20. The second kappa shape index (κ2) is 6.54. The van der Waals surface area contributed by atoms with Gasteiger partial charge in [-0.2, -0.15) is 5.10 Å². The highest BCUT2D eigenvalue weighted by Crippen LogP contribution is 2.20. The van der Waals surface area contributed by atoms with Crippen molar-refractivity contribution in [3.8, 4) is 11.3 Å². The number of rotatable bonds is 4. The molecular formula is C16H20N4O. The molecule has 0 bridgehead atoms. The van der Waals surface area contributed by atoms with Gasteiger partial charge in [0.25, 0.3) is 0 Å². The van der Waals surface area contributed by atoms with Crippen molar-refractivity contribution < 1.29 is 4.79 Å². The van der Waals surface area contributed by atoms with E-state index in [-0.39, 0.29) is 11.9 Å². The number of H-pyrrole nitrogens is 1. The first-order chi connectivity index (χ1) is 10.3. The van der Waals surface area contributed by atoms with Crippen molar-refractivity contribution in [1.82, 2.24) is 20.8 Å². The van der Waals surface area contributed by atoms with Crippen LogP contribution in [0.2, 0.25) is 0 Å². The molecule has 5 nitrogen and oxygen atoms in total. The molecule has 2 heterocycles. The summed E-state index contributed by atoms with van der Waals surface area (Å²) in [6.07, 6.45) is 4.85. The number of aromatic amines is 1. The molecule has 1 aliphatic rings. The highest BCUT2D eigenvalue weighted by molar-refractivity contribution is 5.81. The number of amides is 1. The second-order valence-corrected chi connectivity index (χ2v) is 5.36. The third-order valence-corrected chi connectivity index (χ3v) is 3.85. The molecule has 1 atom stereocenters. The van der Waals surface area contributed by atoms with E-state index in [0.717, 1.165) is 42.6 Å².